The first-order valence-electron chi connectivity index (χ1n) is 5.52. The van der Waals surface area contributed by atoms with Crippen LogP contribution in [0.15, 0.2) is 41.4 Å². The fourth-order valence-electron chi connectivity index (χ4n) is 2.70. The number of allylic oxidation sites excluding steroid dienone is 8. The Morgan fingerprint density at radius 3 is 2.00 bits per heavy atom. The number of hydrogen-bond acceptors (Lipinski definition) is 0. The van der Waals surface area contributed by atoms with Crippen LogP contribution in [0.3, 0.4) is 0 Å². The molecule has 0 radical (unpaired) electrons. The second kappa shape index (κ2) is 5.92. The molecule has 1 aliphatic heterocycles. The molecule has 1 heterocycles. The molecule has 5 heteroatoms. The Morgan fingerprint density at radius 2 is 1.59 bits per heavy atom. The third-order valence-corrected chi connectivity index (χ3v) is 16.5. The van der Waals surface area contributed by atoms with Crippen LogP contribution in [0.4, 0.5) is 0 Å². The van der Waals surface area contributed by atoms with E-state index in [1.807, 2.05) is 0 Å². The van der Waals surface area contributed by atoms with E-state index in [0.717, 1.165) is 6.04 Å². The van der Waals surface area contributed by atoms with Crippen LogP contribution in [-0.4, -0.2) is 7.38 Å². The first kappa shape index (κ1) is 16.0. The molecule has 0 saturated heterocycles. The average Bonchev–Trinajstić information content (AvgIpc) is 2.86. The van der Waals surface area contributed by atoms with Crippen molar-refractivity contribution in [2.45, 2.75) is 25.8 Å². The number of rotatable bonds is 1. The predicted octanol–water partition coefficient (Wildman–Crippen LogP) is -2.20. The molecule has 3 aliphatic rings. The first-order valence-corrected chi connectivity index (χ1v) is 12.3. The molecule has 0 aromatic carbocycles. The Hall–Kier alpha value is 0.917. The molecule has 17 heavy (non-hydrogen) atoms. The van der Waals surface area contributed by atoms with E-state index in [4.69, 9.17) is 11.1 Å². The Balaban J connectivity index is 0.000000722. The van der Waals surface area contributed by atoms with Crippen molar-refractivity contribution in [1.29, 1.82) is 0 Å². The maximum atomic E-state index is 7.01. The Kier molecular flexibility index (Phi) is 5.56. The molecule has 0 bridgehead atoms. The summed E-state index contributed by atoms with van der Waals surface area (Å²) in [4.78, 5) is 0. The monoisotopic (exact) mass is 470 g/mol. The Morgan fingerprint density at radius 1 is 1.12 bits per heavy atom. The standard InChI is InChI=1S/C12H13ClSi.2ClH.Hf/c1-2-14(13,11-7-3-4-8-11)12-9-5-6-10-12;;;/h3,5,7,9H,2,4,6H2,1H3;2*1H;/q;;;+2/p-2. The molecule has 2 aliphatic carbocycles. The van der Waals surface area contributed by atoms with E-state index >= 15 is 0 Å². The van der Waals surface area contributed by atoms with Crippen molar-refractivity contribution in [1.82, 2.24) is 0 Å². The average molecular weight is 470 g/mol. The normalized spacial score (nSPS) is 22.2. The van der Waals surface area contributed by atoms with Crippen molar-refractivity contribution in [3.8, 4) is 0 Å². The molecule has 0 fully saturated rings. The van der Waals surface area contributed by atoms with Crippen molar-refractivity contribution in [2.24, 2.45) is 0 Å². The summed E-state index contributed by atoms with van der Waals surface area (Å²) in [7, 11) is -1.76. The molecule has 90 valence electrons. The maximum Gasteiger partial charge on any atom is -1.00 e. The van der Waals surface area contributed by atoms with Crippen molar-refractivity contribution >= 4 is 18.5 Å². The Labute approximate surface area is 132 Å². The zero-order valence-corrected chi connectivity index (χ0v) is 16.4. The Bertz CT molecular complexity index is 413. The van der Waals surface area contributed by atoms with Crippen LogP contribution in [0, 0.1) is 0 Å². The number of halogens is 3. The minimum Gasteiger partial charge on any atom is -1.00 e. The van der Waals surface area contributed by atoms with Crippen molar-refractivity contribution < 1.29 is 47.7 Å². The van der Waals surface area contributed by atoms with Gasteiger partial charge in [0.1, 0.15) is 0 Å². The summed E-state index contributed by atoms with van der Waals surface area (Å²) >= 11 is 6.36. The molecule has 0 unspecified atom stereocenters. The van der Waals surface area contributed by atoms with Gasteiger partial charge in [-0.25, -0.2) is 0 Å². The smallest absolute Gasteiger partial charge is 1.00 e. The molecule has 0 amide bonds. The molecule has 0 aromatic rings. The third kappa shape index (κ3) is 2.36. The third-order valence-electron chi connectivity index (χ3n) is 3.51. The first-order chi connectivity index (χ1) is 7.25. The van der Waals surface area contributed by atoms with Gasteiger partial charge in [-0.3, -0.25) is 0 Å². The SMILES string of the molecule is CC[Si]1(Cl)C2=[C](CC=C2)[Hf+2][C]2=C1C=CC2.[Cl-].[Cl-]. The van der Waals surface area contributed by atoms with Crippen molar-refractivity contribution in [3.05, 3.63) is 41.4 Å². The summed E-state index contributed by atoms with van der Waals surface area (Å²) in [5.41, 5.74) is 0. The topological polar surface area (TPSA) is 0 Å². The molecular weight excluding hydrogens is 457 g/mol. The van der Waals surface area contributed by atoms with Crippen LogP contribution >= 0.6 is 11.1 Å². The van der Waals surface area contributed by atoms with Crippen molar-refractivity contribution in [3.63, 3.8) is 0 Å². The van der Waals surface area contributed by atoms with Gasteiger partial charge in [-0.15, -0.1) is 0 Å². The van der Waals surface area contributed by atoms with Gasteiger partial charge >= 0.3 is 109 Å². The summed E-state index contributed by atoms with van der Waals surface area (Å²) in [6.07, 6.45) is 11.8. The van der Waals surface area contributed by atoms with Gasteiger partial charge in [0.15, 0.2) is 0 Å². The molecule has 0 saturated carbocycles. The van der Waals surface area contributed by atoms with Crippen LogP contribution in [0.25, 0.3) is 0 Å². The number of hydrogen-bond donors (Lipinski definition) is 0. The van der Waals surface area contributed by atoms with E-state index in [0.29, 0.717) is 0 Å². The van der Waals surface area contributed by atoms with E-state index in [-0.39, 0.29) is 24.8 Å². The summed E-state index contributed by atoms with van der Waals surface area (Å²) in [6.45, 7) is 2.27. The van der Waals surface area contributed by atoms with Gasteiger partial charge in [0.05, 0.1) is 0 Å². The maximum absolute atomic E-state index is 7.01. The summed E-state index contributed by atoms with van der Waals surface area (Å²) in [5, 5.41) is 3.22. The van der Waals surface area contributed by atoms with E-state index in [1.54, 1.807) is 17.1 Å². The van der Waals surface area contributed by atoms with Crippen LogP contribution in [0.1, 0.15) is 19.8 Å². The van der Waals surface area contributed by atoms with Crippen LogP contribution in [0.5, 0.6) is 0 Å². The van der Waals surface area contributed by atoms with Gasteiger partial charge in [0.25, 0.3) is 0 Å². The largest absolute Gasteiger partial charge is 1.00 e. The second-order valence-electron chi connectivity index (χ2n) is 4.28. The molecule has 3 rings (SSSR count). The summed E-state index contributed by atoms with van der Waals surface area (Å²) in [6, 6.07) is 1.16. The summed E-state index contributed by atoms with van der Waals surface area (Å²) < 4.78 is 3.61. The zero-order valence-electron chi connectivity index (χ0n) is 9.56. The van der Waals surface area contributed by atoms with Gasteiger partial charge in [-0.2, -0.15) is 0 Å². The quantitative estimate of drug-likeness (QED) is 0.302. The molecule has 0 nitrogen and oxygen atoms in total. The predicted molar refractivity (Wildman–Crippen MR) is 63.7 cm³/mol. The van der Waals surface area contributed by atoms with Crippen molar-refractivity contribution in [2.75, 3.05) is 0 Å². The minimum absolute atomic E-state index is 0. The van der Waals surface area contributed by atoms with Crippen LogP contribution in [-0.2, 0) is 22.9 Å². The van der Waals surface area contributed by atoms with E-state index in [2.05, 4.69) is 31.2 Å². The minimum atomic E-state index is -1.76. The van der Waals surface area contributed by atoms with E-state index in [1.165, 1.54) is 12.8 Å². The van der Waals surface area contributed by atoms with Gasteiger partial charge in [-0.05, 0) is 0 Å². The molecule has 0 spiro atoms. The van der Waals surface area contributed by atoms with Gasteiger partial charge in [0, 0.05) is 0 Å². The fraction of sp³-hybridized carbons (Fsp3) is 0.333. The molecule has 0 aromatic heterocycles. The zero-order chi connectivity index (χ0) is 10.5. The summed E-state index contributed by atoms with van der Waals surface area (Å²) in [5.74, 6) is 0. The van der Waals surface area contributed by atoms with Crippen LogP contribution < -0.4 is 24.8 Å². The van der Waals surface area contributed by atoms with Crippen LogP contribution in [0.2, 0.25) is 6.04 Å². The molecular formula is C12H13Cl3HfSi. The van der Waals surface area contributed by atoms with E-state index < -0.39 is 30.3 Å². The second-order valence-corrected chi connectivity index (χ2v) is 14.8. The van der Waals surface area contributed by atoms with E-state index in [9.17, 15) is 0 Å². The molecule has 0 N–H and O–H groups in total. The van der Waals surface area contributed by atoms with Gasteiger partial charge < -0.3 is 24.8 Å². The molecule has 0 atom stereocenters. The van der Waals surface area contributed by atoms with Gasteiger partial charge in [0.2, 0.25) is 0 Å². The fourth-order valence-corrected chi connectivity index (χ4v) is 18.5. The van der Waals surface area contributed by atoms with Gasteiger partial charge in [-0.1, -0.05) is 0 Å².